The largest absolute Gasteiger partial charge is 0.480 e. The molecule has 0 fully saturated rings. The topological polar surface area (TPSA) is 142 Å². The molecular formula is C11H12FN3O6. The molecule has 0 aliphatic carbocycles. The minimum absolute atomic E-state index is 0.202. The number of nitro groups is 1. The van der Waals surface area contributed by atoms with Gasteiger partial charge in [-0.25, -0.2) is 14.0 Å². The molecule has 1 atom stereocenters. The number of rotatable bonds is 6. The van der Waals surface area contributed by atoms with Crippen molar-refractivity contribution in [1.29, 1.82) is 0 Å². The number of carbonyl (C=O) groups is 2. The van der Waals surface area contributed by atoms with Crippen LogP contribution in [-0.4, -0.2) is 39.8 Å². The number of halogens is 1. The fourth-order valence-electron chi connectivity index (χ4n) is 1.46. The van der Waals surface area contributed by atoms with Crippen LogP contribution in [0.3, 0.4) is 0 Å². The van der Waals surface area contributed by atoms with Gasteiger partial charge in [-0.05, 0) is 6.07 Å². The second-order valence-corrected chi connectivity index (χ2v) is 3.96. The zero-order valence-corrected chi connectivity index (χ0v) is 10.6. The zero-order valence-electron chi connectivity index (χ0n) is 10.6. The van der Waals surface area contributed by atoms with Crippen molar-refractivity contribution in [3.8, 4) is 0 Å². The molecule has 9 nitrogen and oxygen atoms in total. The minimum atomic E-state index is -1.36. The van der Waals surface area contributed by atoms with E-state index < -0.39 is 41.1 Å². The second-order valence-electron chi connectivity index (χ2n) is 3.96. The van der Waals surface area contributed by atoms with Crippen molar-refractivity contribution in [2.45, 2.75) is 12.5 Å². The molecular weight excluding hydrogens is 289 g/mol. The Hall–Kier alpha value is -2.75. The Bertz CT molecular complexity index is 565. The van der Waals surface area contributed by atoms with Crippen LogP contribution in [0.2, 0.25) is 0 Å². The molecule has 0 radical (unpaired) electrons. The zero-order chi connectivity index (χ0) is 16.0. The number of nitrogens with one attached hydrogen (secondary N) is 2. The molecule has 114 valence electrons. The molecule has 0 bridgehead atoms. The van der Waals surface area contributed by atoms with Gasteiger partial charge in [0.05, 0.1) is 16.7 Å². The average Bonchev–Trinajstić information content (AvgIpc) is 2.37. The third-order valence-electron chi connectivity index (χ3n) is 2.37. The van der Waals surface area contributed by atoms with Gasteiger partial charge in [-0.2, -0.15) is 0 Å². The lowest BCUT2D eigenvalue weighted by Crippen LogP contribution is -2.43. The van der Waals surface area contributed by atoms with Crippen LogP contribution < -0.4 is 10.6 Å². The van der Waals surface area contributed by atoms with Crippen molar-refractivity contribution in [2.75, 3.05) is 11.9 Å². The van der Waals surface area contributed by atoms with Gasteiger partial charge in [0.2, 0.25) is 0 Å². The van der Waals surface area contributed by atoms with Gasteiger partial charge in [-0.15, -0.1) is 0 Å². The molecule has 0 heterocycles. The summed E-state index contributed by atoms with van der Waals surface area (Å²) in [7, 11) is 0. The number of aliphatic hydroxyl groups excluding tert-OH is 1. The highest BCUT2D eigenvalue weighted by molar-refractivity contribution is 5.92. The second kappa shape index (κ2) is 7.14. The summed E-state index contributed by atoms with van der Waals surface area (Å²) in [5.41, 5.74) is -0.761. The first kappa shape index (κ1) is 16.3. The molecule has 0 aliphatic heterocycles. The molecule has 1 rings (SSSR count). The van der Waals surface area contributed by atoms with Crippen molar-refractivity contribution in [3.63, 3.8) is 0 Å². The van der Waals surface area contributed by atoms with Crippen LogP contribution in [-0.2, 0) is 4.79 Å². The highest BCUT2D eigenvalue weighted by Gasteiger charge is 2.19. The monoisotopic (exact) mass is 301 g/mol. The summed E-state index contributed by atoms with van der Waals surface area (Å²) in [6, 6.07) is 0.114. The first-order valence-corrected chi connectivity index (χ1v) is 5.69. The van der Waals surface area contributed by atoms with Crippen molar-refractivity contribution in [2.24, 2.45) is 0 Å². The number of carboxylic acids is 1. The fourth-order valence-corrected chi connectivity index (χ4v) is 1.46. The molecule has 0 aliphatic rings. The van der Waals surface area contributed by atoms with Gasteiger partial charge >= 0.3 is 12.0 Å². The number of benzene rings is 1. The van der Waals surface area contributed by atoms with Gasteiger partial charge in [-0.1, -0.05) is 0 Å². The van der Waals surface area contributed by atoms with Gasteiger partial charge in [0, 0.05) is 19.1 Å². The van der Waals surface area contributed by atoms with Gasteiger partial charge in [0.1, 0.15) is 11.9 Å². The van der Waals surface area contributed by atoms with E-state index in [-0.39, 0.29) is 12.1 Å². The van der Waals surface area contributed by atoms with Gasteiger partial charge in [-0.3, -0.25) is 10.1 Å². The SMILES string of the molecule is O=C(Nc1cc(F)cc([N+](=O)[O-])c1)N[C@@H](CCO)C(=O)O. The van der Waals surface area contributed by atoms with Gasteiger partial charge < -0.3 is 20.8 Å². The highest BCUT2D eigenvalue weighted by Crippen LogP contribution is 2.19. The first-order chi connectivity index (χ1) is 9.83. The number of nitro benzene ring substituents is 1. The molecule has 10 heteroatoms. The number of non-ortho nitro benzene ring substituents is 1. The Morgan fingerprint density at radius 2 is 2.05 bits per heavy atom. The number of carboxylic acid groups (broad SMARTS) is 1. The van der Waals surface area contributed by atoms with Crippen LogP contribution in [0.25, 0.3) is 0 Å². The Morgan fingerprint density at radius 3 is 2.57 bits per heavy atom. The van der Waals surface area contributed by atoms with E-state index >= 15 is 0 Å². The number of amides is 2. The number of anilines is 1. The lowest BCUT2D eigenvalue weighted by Gasteiger charge is -2.14. The number of carbonyl (C=O) groups excluding carboxylic acids is 1. The summed E-state index contributed by atoms with van der Waals surface area (Å²) in [6.45, 7) is -0.456. The lowest BCUT2D eigenvalue weighted by molar-refractivity contribution is -0.385. The maximum atomic E-state index is 13.1. The molecule has 1 aromatic carbocycles. The quantitative estimate of drug-likeness (QED) is 0.450. The summed E-state index contributed by atoms with van der Waals surface area (Å²) < 4.78 is 13.1. The van der Waals surface area contributed by atoms with Crippen LogP contribution in [0.4, 0.5) is 20.6 Å². The van der Waals surface area contributed by atoms with E-state index in [0.29, 0.717) is 6.07 Å². The normalized spacial score (nSPS) is 11.5. The van der Waals surface area contributed by atoms with E-state index in [4.69, 9.17) is 10.2 Å². The summed E-state index contributed by atoms with van der Waals surface area (Å²) in [4.78, 5) is 32.0. The summed E-state index contributed by atoms with van der Waals surface area (Å²) in [6.07, 6.45) is -0.216. The highest BCUT2D eigenvalue weighted by atomic mass is 19.1. The molecule has 0 saturated carbocycles. The average molecular weight is 301 g/mol. The molecule has 1 aromatic rings. The third kappa shape index (κ3) is 5.03. The number of hydrogen-bond acceptors (Lipinski definition) is 5. The van der Waals surface area contributed by atoms with E-state index in [1.54, 1.807) is 0 Å². The number of hydrogen-bond donors (Lipinski definition) is 4. The molecule has 2 amide bonds. The molecule has 0 saturated heterocycles. The number of urea groups is 1. The van der Waals surface area contributed by atoms with Gasteiger partial charge in [0.25, 0.3) is 5.69 Å². The van der Waals surface area contributed by atoms with E-state index in [0.717, 1.165) is 12.1 Å². The van der Waals surface area contributed by atoms with Crippen LogP contribution in [0.15, 0.2) is 18.2 Å². The summed E-state index contributed by atoms with van der Waals surface area (Å²) >= 11 is 0. The molecule has 0 spiro atoms. The summed E-state index contributed by atoms with van der Waals surface area (Å²) in [5, 5.41) is 32.1. The van der Waals surface area contributed by atoms with E-state index in [1.165, 1.54) is 0 Å². The smallest absolute Gasteiger partial charge is 0.326 e. The Morgan fingerprint density at radius 1 is 1.38 bits per heavy atom. The van der Waals surface area contributed by atoms with E-state index in [2.05, 4.69) is 5.32 Å². The first-order valence-electron chi connectivity index (χ1n) is 5.69. The standard InChI is InChI=1S/C11H12FN3O6/c12-6-3-7(5-8(4-6)15(20)21)13-11(19)14-9(1-2-16)10(17)18/h3-5,9,16H,1-2H2,(H,17,18)(H2,13,14,19)/t9-/m0/s1. The molecule has 0 aromatic heterocycles. The minimum Gasteiger partial charge on any atom is -0.480 e. The number of nitrogens with zero attached hydrogens (tertiary/aromatic N) is 1. The third-order valence-corrected chi connectivity index (χ3v) is 2.37. The lowest BCUT2D eigenvalue weighted by atomic mass is 10.2. The van der Waals surface area contributed by atoms with E-state index in [9.17, 15) is 24.1 Å². The predicted molar refractivity (Wildman–Crippen MR) is 68.3 cm³/mol. The Labute approximate surface area is 117 Å². The van der Waals surface area contributed by atoms with Crippen molar-refractivity contribution in [3.05, 3.63) is 34.1 Å². The van der Waals surface area contributed by atoms with Crippen LogP contribution in [0.1, 0.15) is 6.42 Å². The van der Waals surface area contributed by atoms with Crippen LogP contribution in [0, 0.1) is 15.9 Å². The fraction of sp³-hybridized carbons (Fsp3) is 0.273. The Balaban J connectivity index is 2.78. The Kier molecular flexibility index (Phi) is 5.55. The number of aliphatic carboxylic acids is 1. The predicted octanol–water partition coefficient (Wildman–Crippen LogP) is 0.691. The molecule has 4 N–H and O–H groups in total. The van der Waals surface area contributed by atoms with Crippen molar-refractivity contribution >= 4 is 23.4 Å². The maximum Gasteiger partial charge on any atom is 0.326 e. The maximum absolute atomic E-state index is 13.1. The summed E-state index contributed by atoms with van der Waals surface area (Å²) in [5.74, 6) is -2.28. The van der Waals surface area contributed by atoms with Gasteiger partial charge in [0.15, 0.2) is 0 Å². The van der Waals surface area contributed by atoms with Crippen molar-refractivity contribution < 1.29 is 29.1 Å². The molecule has 0 unspecified atom stereocenters. The van der Waals surface area contributed by atoms with Crippen molar-refractivity contribution in [1.82, 2.24) is 5.32 Å². The van der Waals surface area contributed by atoms with Crippen LogP contribution >= 0.6 is 0 Å². The van der Waals surface area contributed by atoms with E-state index in [1.807, 2.05) is 5.32 Å². The molecule has 21 heavy (non-hydrogen) atoms. The van der Waals surface area contributed by atoms with Crippen LogP contribution in [0.5, 0.6) is 0 Å². The number of aliphatic hydroxyl groups is 1.